The zero-order valence-electron chi connectivity index (χ0n) is 15.1. The van der Waals surface area contributed by atoms with Gasteiger partial charge in [-0.05, 0) is 49.4 Å². The molecule has 7 heteroatoms. The molecule has 0 unspecified atom stereocenters. The van der Waals surface area contributed by atoms with E-state index in [-0.39, 0.29) is 11.7 Å². The molecule has 28 heavy (non-hydrogen) atoms. The third kappa shape index (κ3) is 3.83. The summed E-state index contributed by atoms with van der Waals surface area (Å²) < 4.78 is 13.3. The maximum absolute atomic E-state index is 13.3. The summed E-state index contributed by atoms with van der Waals surface area (Å²) in [7, 11) is 0. The number of aromatic nitrogens is 3. The minimum atomic E-state index is -0.364. The van der Waals surface area contributed by atoms with Gasteiger partial charge in [0.25, 0.3) is 0 Å². The Morgan fingerprint density at radius 1 is 1.14 bits per heavy atom. The minimum Gasteiger partial charge on any atom is -0.494 e. The Labute approximate surface area is 160 Å². The Kier molecular flexibility index (Phi) is 4.72. The number of benzene rings is 2. The van der Waals surface area contributed by atoms with E-state index in [9.17, 15) is 9.50 Å². The molecule has 0 radical (unpaired) electrons. The number of aliphatic imine (C=N–C) groups is 1. The van der Waals surface area contributed by atoms with Crippen LogP contribution >= 0.6 is 0 Å². The molecule has 3 N–H and O–H groups in total. The maximum Gasteiger partial charge on any atom is 0.198 e. The highest BCUT2D eigenvalue weighted by Gasteiger charge is 2.09. The Hall–Kier alpha value is -3.74. The fraction of sp³-hybridized carbons (Fsp3) is 0.0952. The van der Waals surface area contributed by atoms with Gasteiger partial charge in [-0.15, -0.1) is 0 Å². The van der Waals surface area contributed by atoms with E-state index in [1.165, 1.54) is 12.1 Å². The van der Waals surface area contributed by atoms with Crippen LogP contribution in [0.1, 0.15) is 17.0 Å². The van der Waals surface area contributed by atoms with Crippen molar-refractivity contribution in [1.82, 2.24) is 15.0 Å². The summed E-state index contributed by atoms with van der Waals surface area (Å²) in [6.07, 6.45) is 5.06. The highest BCUT2D eigenvalue weighted by molar-refractivity contribution is 6.02. The lowest BCUT2D eigenvalue weighted by Gasteiger charge is -2.06. The average Bonchev–Trinajstić information content (AvgIpc) is 3.01. The topological polar surface area (TPSA) is 86.2 Å². The van der Waals surface area contributed by atoms with Gasteiger partial charge >= 0.3 is 0 Å². The lowest BCUT2D eigenvalue weighted by atomic mass is 10.2. The smallest absolute Gasteiger partial charge is 0.198 e. The number of hydrogen-bond acceptors (Lipinski definition) is 5. The van der Waals surface area contributed by atoms with Crippen molar-refractivity contribution < 1.29 is 9.50 Å². The van der Waals surface area contributed by atoms with Crippen molar-refractivity contribution in [2.24, 2.45) is 4.99 Å². The van der Waals surface area contributed by atoms with Gasteiger partial charge in [0.1, 0.15) is 5.82 Å². The second-order valence-electron chi connectivity index (χ2n) is 6.38. The molecule has 0 amide bonds. The van der Waals surface area contributed by atoms with E-state index >= 15 is 0 Å². The summed E-state index contributed by atoms with van der Waals surface area (Å²) in [6, 6.07) is 11.9. The normalized spacial score (nSPS) is 11.4. The van der Waals surface area contributed by atoms with Crippen LogP contribution in [0.15, 0.2) is 59.9 Å². The molecule has 2 heterocycles. The predicted molar refractivity (Wildman–Crippen MR) is 108 cm³/mol. The van der Waals surface area contributed by atoms with Crippen LogP contribution in [0.3, 0.4) is 0 Å². The van der Waals surface area contributed by atoms with E-state index in [2.05, 4.69) is 25.3 Å². The first-order chi connectivity index (χ1) is 13.6. The number of anilines is 1. The molecule has 0 spiro atoms. The monoisotopic (exact) mass is 375 g/mol. The molecule has 0 saturated carbocycles. The largest absolute Gasteiger partial charge is 0.494 e. The minimum absolute atomic E-state index is 0.0400. The van der Waals surface area contributed by atoms with Gasteiger partial charge in [0, 0.05) is 23.5 Å². The molecule has 4 aromatic rings. The summed E-state index contributed by atoms with van der Waals surface area (Å²) in [5.41, 5.74) is 4.47. The van der Waals surface area contributed by atoms with Crippen LogP contribution in [0.25, 0.3) is 10.9 Å². The first-order valence-corrected chi connectivity index (χ1v) is 8.74. The van der Waals surface area contributed by atoms with Gasteiger partial charge in [-0.1, -0.05) is 0 Å². The summed E-state index contributed by atoms with van der Waals surface area (Å²) >= 11 is 0. The van der Waals surface area contributed by atoms with Gasteiger partial charge in [-0.3, -0.25) is 15.0 Å². The standard InChI is InChI=1S/C21H18FN5O/c1-13-9-24-17(10-23-13)11-25-15-3-5-16(6-4-15)26-12-19-18-7-2-14(22)8-20(18)27-21(19)28/h2-10,12,25,27-28H,11H2,1H3. The number of aromatic hydroxyl groups is 1. The Morgan fingerprint density at radius 3 is 2.71 bits per heavy atom. The van der Waals surface area contributed by atoms with Gasteiger partial charge in [-0.2, -0.15) is 0 Å². The molecule has 0 fully saturated rings. The number of nitrogens with zero attached hydrogens (tertiary/aromatic N) is 3. The van der Waals surface area contributed by atoms with Crippen LogP contribution in [0.5, 0.6) is 5.88 Å². The molecule has 0 aliphatic carbocycles. The van der Waals surface area contributed by atoms with E-state index in [0.717, 1.165) is 22.8 Å². The van der Waals surface area contributed by atoms with E-state index < -0.39 is 0 Å². The first-order valence-electron chi connectivity index (χ1n) is 8.74. The van der Waals surface area contributed by atoms with E-state index in [0.29, 0.717) is 23.0 Å². The summed E-state index contributed by atoms with van der Waals surface area (Å²) in [4.78, 5) is 15.7. The van der Waals surface area contributed by atoms with Gasteiger partial charge < -0.3 is 15.4 Å². The zero-order valence-corrected chi connectivity index (χ0v) is 15.1. The SMILES string of the molecule is Cc1cnc(CNc2ccc(N=Cc3c(O)[nH]c4cc(F)ccc34)cc2)cn1. The molecule has 140 valence electrons. The van der Waals surface area contributed by atoms with Crippen molar-refractivity contribution in [2.45, 2.75) is 13.5 Å². The number of rotatable bonds is 5. The van der Waals surface area contributed by atoms with Gasteiger partial charge in [0.15, 0.2) is 5.88 Å². The first kappa shape index (κ1) is 17.7. The highest BCUT2D eigenvalue weighted by Crippen LogP contribution is 2.27. The molecular formula is C21H18FN5O. The second kappa shape index (κ2) is 7.48. The maximum atomic E-state index is 13.3. The Balaban J connectivity index is 1.46. The fourth-order valence-electron chi connectivity index (χ4n) is 2.82. The Bertz CT molecular complexity index is 1130. The summed E-state index contributed by atoms with van der Waals surface area (Å²) in [6.45, 7) is 2.48. The average molecular weight is 375 g/mol. The molecule has 2 aromatic carbocycles. The molecule has 0 saturated heterocycles. The molecule has 6 nitrogen and oxygen atoms in total. The van der Waals surface area contributed by atoms with Crippen molar-refractivity contribution in [1.29, 1.82) is 0 Å². The van der Waals surface area contributed by atoms with E-state index in [1.54, 1.807) is 24.7 Å². The third-order valence-electron chi connectivity index (χ3n) is 4.30. The number of aryl methyl sites for hydroxylation is 1. The van der Waals surface area contributed by atoms with Crippen LogP contribution in [0.4, 0.5) is 15.8 Å². The van der Waals surface area contributed by atoms with Crippen LogP contribution in [0.2, 0.25) is 0 Å². The third-order valence-corrected chi connectivity index (χ3v) is 4.30. The van der Waals surface area contributed by atoms with Crippen molar-refractivity contribution in [3.8, 4) is 5.88 Å². The number of aromatic amines is 1. The summed E-state index contributed by atoms with van der Waals surface area (Å²) in [5.74, 6) is -0.404. The number of nitrogens with one attached hydrogen (secondary N) is 2. The van der Waals surface area contributed by atoms with Crippen LogP contribution < -0.4 is 5.32 Å². The van der Waals surface area contributed by atoms with Gasteiger partial charge in [0.2, 0.25) is 0 Å². The fourth-order valence-corrected chi connectivity index (χ4v) is 2.82. The number of H-pyrrole nitrogens is 1. The van der Waals surface area contributed by atoms with Gasteiger partial charge in [0.05, 0.1) is 40.9 Å². The quantitative estimate of drug-likeness (QED) is 0.449. The lowest BCUT2D eigenvalue weighted by Crippen LogP contribution is -2.02. The molecular weight excluding hydrogens is 357 g/mol. The van der Waals surface area contributed by atoms with Crippen LogP contribution in [-0.2, 0) is 6.54 Å². The summed E-state index contributed by atoms with van der Waals surface area (Å²) in [5, 5.41) is 14.0. The van der Waals surface area contributed by atoms with Crippen LogP contribution in [0, 0.1) is 12.7 Å². The highest BCUT2D eigenvalue weighted by atomic mass is 19.1. The number of hydrogen-bond donors (Lipinski definition) is 3. The Morgan fingerprint density at radius 2 is 1.96 bits per heavy atom. The molecule has 0 bridgehead atoms. The van der Waals surface area contributed by atoms with Crippen molar-refractivity contribution >= 4 is 28.5 Å². The number of fused-ring (bicyclic) bond motifs is 1. The second-order valence-corrected chi connectivity index (χ2v) is 6.38. The van der Waals surface area contributed by atoms with Crippen molar-refractivity contribution in [3.63, 3.8) is 0 Å². The number of halogens is 1. The molecule has 2 aromatic heterocycles. The van der Waals surface area contributed by atoms with Crippen molar-refractivity contribution in [2.75, 3.05) is 5.32 Å². The predicted octanol–water partition coefficient (Wildman–Crippen LogP) is 4.47. The van der Waals surface area contributed by atoms with Crippen molar-refractivity contribution in [3.05, 3.63) is 77.6 Å². The molecule has 0 aliphatic rings. The van der Waals surface area contributed by atoms with E-state index in [4.69, 9.17) is 0 Å². The molecule has 0 aliphatic heterocycles. The molecule has 4 rings (SSSR count). The van der Waals surface area contributed by atoms with Gasteiger partial charge in [-0.25, -0.2) is 4.39 Å². The lowest BCUT2D eigenvalue weighted by molar-refractivity contribution is 0.457. The van der Waals surface area contributed by atoms with Crippen LogP contribution in [-0.4, -0.2) is 26.3 Å². The van der Waals surface area contributed by atoms with E-state index in [1.807, 2.05) is 31.2 Å². The zero-order chi connectivity index (χ0) is 19.5. The molecule has 0 atom stereocenters.